The molecule has 1 unspecified atom stereocenters. The van der Waals surface area contributed by atoms with Gasteiger partial charge in [0.1, 0.15) is 18.2 Å². The number of benzene rings is 2. The summed E-state index contributed by atoms with van der Waals surface area (Å²) < 4.78 is 18.3. The molecule has 0 fully saturated rings. The molecule has 1 heterocycles. The average molecular weight is 298 g/mol. The van der Waals surface area contributed by atoms with Crippen molar-refractivity contribution in [2.24, 2.45) is 5.73 Å². The highest BCUT2D eigenvalue weighted by molar-refractivity contribution is 5.24. The van der Waals surface area contributed by atoms with Crippen LogP contribution in [0.5, 0.6) is 5.75 Å². The van der Waals surface area contributed by atoms with E-state index in [1.165, 1.54) is 12.1 Å². The van der Waals surface area contributed by atoms with Crippen LogP contribution in [0.3, 0.4) is 0 Å². The number of rotatable bonds is 5. The fourth-order valence-corrected chi connectivity index (χ4v) is 2.01. The minimum absolute atomic E-state index is 0.208. The van der Waals surface area contributed by atoms with Gasteiger partial charge in [-0.05, 0) is 29.8 Å². The molecule has 0 saturated carbocycles. The van der Waals surface area contributed by atoms with E-state index in [4.69, 9.17) is 10.5 Å². The third-order valence-electron chi connectivity index (χ3n) is 3.18. The molecule has 22 heavy (non-hydrogen) atoms. The zero-order valence-corrected chi connectivity index (χ0v) is 11.7. The summed E-state index contributed by atoms with van der Waals surface area (Å²) in [6.07, 6.45) is 0. The summed E-state index contributed by atoms with van der Waals surface area (Å²) in [4.78, 5) is 4.33. The smallest absolute Gasteiger partial charge is 0.172 e. The maximum atomic E-state index is 12.8. The molecule has 2 aromatic carbocycles. The van der Waals surface area contributed by atoms with Crippen LogP contribution in [0.15, 0.2) is 54.6 Å². The summed E-state index contributed by atoms with van der Waals surface area (Å²) >= 11 is 0. The Morgan fingerprint density at radius 1 is 1.09 bits per heavy atom. The van der Waals surface area contributed by atoms with Gasteiger partial charge in [0.15, 0.2) is 11.6 Å². The van der Waals surface area contributed by atoms with Crippen molar-refractivity contribution in [2.75, 3.05) is 0 Å². The van der Waals surface area contributed by atoms with Crippen LogP contribution in [0.2, 0.25) is 0 Å². The minimum Gasteiger partial charge on any atom is -0.486 e. The molecule has 0 amide bonds. The van der Waals surface area contributed by atoms with Gasteiger partial charge in [-0.3, -0.25) is 5.10 Å². The first-order valence-corrected chi connectivity index (χ1v) is 6.82. The van der Waals surface area contributed by atoms with Crippen LogP contribution in [0.25, 0.3) is 0 Å². The number of aromatic nitrogens is 3. The SMILES string of the molecule is NC(c1ccccc1)c1n[nH]c(COc2ccc(F)cc2)n1. The Morgan fingerprint density at radius 3 is 2.55 bits per heavy atom. The van der Waals surface area contributed by atoms with Gasteiger partial charge in [-0.1, -0.05) is 30.3 Å². The molecule has 3 aromatic rings. The molecule has 6 heteroatoms. The van der Waals surface area contributed by atoms with Crippen LogP contribution in [-0.2, 0) is 6.61 Å². The Morgan fingerprint density at radius 2 is 1.82 bits per heavy atom. The van der Waals surface area contributed by atoms with Gasteiger partial charge in [0.05, 0.1) is 6.04 Å². The molecule has 112 valence electrons. The van der Waals surface area contributed by atoms with E-state index in [0.29, 0.717) is 17.4 Å². The van der Waals surface area contributed by atoms with Crippen molar-refractivity contribution in [3.63, 3.8) is 0 Å². The second-order valence-corrected chi connectivity index (χ2v) is 4.77. The molecule has 0 spiro atoms. The van der Waals surface area contributed by atoms with E-state index in [-0.39, 0.29) is 12.4 Å². The van der Waals surface area contributed by atoms with Gasteiger partial charge in [-0.15, -0.1) is 0 Å². The topological polar surface area (TPSA) is 76.8 Å². The number of hydrogen-bond donors (Lipinski definition) is 2. The number of nitrogens with zero attached hydrogens (tertiary/aromatic N) is 2. The molecule has 0 aliphatic rings. The van der Waals surface area contributed by atoms with E-state index in [1.807, 2.05) is 30.3 Å². The van der Waals surface area contributed by atoms with E-state index in [0.717, 1.165) is 5.56 Å². The molecule has 0 saturated heterocycles. The van der Waals surface area contributed by atoms with Gasteiger partial charge in [0, 0.05) is 0 Å². The molecule has 1 atom stereocenters. The standard InChI is InChI=1S/C16H15FN4O/c17-12-6-8-13(9-7-12)22-10-14-19-16(21-20-14)15(18)11-4-2-1-3-5-11/h1-9,15H,10,18H2,(H,19,20,21). The van der Waals surface area contributed by atoms with Crippen molar-refractivity contribution >= 4 is 0 Å². The first-order chi connectivity index (χ1) is 10.7. The monoisotopic (exact) mass is 298 g/mol. The van der Waals surface area contributed by atoms with E-state index in [1.54, 1.807) is 12.1 Å². The first-order valence-electron chi connectivity index (χ1n) is 6.82. The minimum atomic E-state index is -0.392. The van der Waals surface area contributed by atoms with Crippen LogP contribution in [-0.4, -0.2) is 15.2 Å². The summed E-state index contributed by atoms with van der Waals surface area (Å²) in [7, 11) is 0. The Bertz CT molecular complexity index is 727. The summed E-state index contributed by atoms with van der Waals surface area (Å²) in [5, 5.41) is 6.92. The van der Waals surface area contributed by atoms with Crippen LogP contribution in [0, 0.1) is 5.82 Å². The first kappa shape index (κ1) is 14.2. The molecule has 0 aliphatic carbocycles. The van der Waals surface area contributed by atoms with Crippen LogP contribution in [0.1, 0.15) is 23.3 Å². The lowest BCUT2D eigenvalue weighted by Gasteiger charge is -2.07. The summed E-state index contributed by atoms with van der Waals surface area (Å²) in [5.41, 5.74) is 7.06. The average Bonchev–Trinajstić information content (AvgIpc) is 3.03. The van der Waals surface area contributed by atoms with Gasteiger partial charge in [0.2, 0.25) is 0 Å². The molecule has 5 nitrogen and oxygen atoms in total. The quantitative estimate of drug-likeness (QED) is 0.759. The van der Waals surface area contributed by atoms with Gasteiger partial charge in [-0.25, -0.2) is 9.37 Å². The Balaban J connectivity index is 1.65. The van der Waals surface area contributed by atoms with E-state index < -0.39 is 6.04 Å². The maximum Gasteiger partial charge on any atom is 0.172 e. The van der Waals surface area contributed by atoms with Gasteiger partial charge in [0.25, 0.3) is 0 Å². The number of ether oxygens (including phenoxy) is 1. The van der Waals surface area contributed by atoms with Gasteiger partial charge < -0.3 is 10.5 Å². The van der Waals surface area contributed by atoms with Crippen molar-refractivity contribution in [3.05, 3.63) is 77.6 Å². The highest BCUT2D eigenvalue weighted by Gasteiger charge is 2.14. The second kappa shape index (κ2) is 6.36. The molecular formula is C16H15FN4O. The lowest BCUT2D eigenvalue weighted by atomic mass is 10.1. The predicted octanol–water partition coefficient (Wildman–Crippen LogP) is 2.57. The number of halogens is 1. The molecule has 0 bridgehead atoms. The molecule has 0 radical (unpaired) electrons. The zero-order chi connectivity index (χ0) is 15.4. The summed E-state index contributed by atoms with van der Waals surface area (Å²) in [6, 6.07) is 15.0. The van der Waals surface area contributed by atoms with Crippen LogP contribution >= 0.6 is 0 Å². The number of aromatic amines is 1. The number of H-pyrrole nitrogens is 1. The van der Waals surface area contributed by atoms with E-state index in [9.17, 15) is 4.39 Å². The normalized spacial score (nSPS) is 12.1. The Labute approximate surface area is 127 Å². The molecule has 0 aliphatic heterocycles. The van der Waals surface area contributed by atoms with E-state index in [2.05, 4.69) is 15.2 Å². The zero-order valence-electron chi connectivity index (χ0n) is 11.7. The van der Waals surface area contributed by atoms with Crippen LogP contribution in [0.4, 0.5) is 4.39 Å². The Hall–Kier alpha value is -2.73. The lowest BCUT2D eigenvalue weighted by molar-refractivity contribution is 0.296. The molecule has 3 rings (SSSR count). The second-order valence-electron chi connectivity index (χ2n) is 4.77. The fourth-order valence-electron chi connectivity index (χ4n) is 2.01. The van der Waals surface area contributed by atoms with Crippen molar-refractivity contribution in [2.45, 2.75) is 12.6 Å². The van der Waals surface area contributed by atoms with Crippen molar-refractivity contribution < 1.29 is 9.13 Å². The highest BCUT2D eigenvalue weighted by atomic mass is 19.1. The van der Waals surface area contributed by atoms with Gasteiger partial charge >= 0.3 is 0 Å². The molecular weight excluding hydrogens is 283 g/mol. The molecule has 1 aromatic heterocycles. The van der Waals surface area contributed by atoms with Gasteiger partial charge in [-0.2, -0.15) is 5.10 Å². The number of nitrogens with two attached hydrogens (primary N) is 1. The van der Waals surface area contributed by atoms with Crippen molar-refractivity contribution in [1.82, 2.24) is 15.2 Å². The third kappa shape index (κ3) is 3.29. The fraction of sp³-hybridized carbons (Fsp3) is 0.125. The largest absolute Gasteiger partial charge is 0.486 e. The summed E-state index contributed by atoms with van der Waals surface area (Å²) in [6.45, 7) is 0.208. The third-order valence-corrected chi connectivity index (χ3v) is 3.18. The predicted molar refractivity (Wildman–Crippen MR) is 79.6 cm³/mol. The van der Waals surface area contributed by atoms with Crippen molar-refractivity contribution in [1.29, 1.82) is 0 Å². The highest BCUT2D eigenvalue weighted by Crippen LogP contribution is 2.16. The molecule has 3 N–H and O–H groups in total. The number of nitrogens with one attached hydrogen (secondary N) is 1. The Kier molecular flexibility index (Phi) is 4.11. The number of hydrogen-bond acceptors (Lipinski definition) is 4. The van der Waals surface area contributed by atoms with E-state index >= 15 is 0 Å². The lowest BCUT2D eigenvalue weighted by Crippen LogP contribution is -2.13. The summed E-state index contributed by atoms with van der Waals surface area (Å²) in [5.74, 6) is 1.32. The maximum absolute atomic E-state index is 12.8. The van der Waals surface area contributed by atoms with Crippen molar-refractivity contribution in [3.8, 4) is 5.75 Å². The van der Waals surface area contributed by atoms with Crippen LogP contribution < -0.4 is 10.5 Å².